The molecule has 1 aromatic rings. The van der Waals surface area contributed by atoms with E-state index in [-0.39, 0.29) is 17.6 Å². The van der Waals surface area contributed by atoms with Crippen molar-refractivity contribution >= 4 is 15.9 Å². The molecule has 2 aliphatic heterocycles. The largest absolute Gasteiger partial charge is 0.356 e. The van der Waals surface area contributed by atoms with Gasteiger partial charge >= 0.3 is 0 Å². The monoisotopic (exact) mass is 463 g/mol. The number of sulfonamides is 1. The third-order valence-corrected chi connectivity index (χ3v) is 8.68. The van der Waals surface area contributed by atoms with E-state index in [1.54, 1.807) is 4.31 Å². The second-order valence-corrected chi connectivity index (χ2v) is 12.0. The van der Waals surface area contributed by atoms with Gasteiger partial charge in [-0.3, -0.25) is 4.79 Å². The first-order valence-electron chi connectivity index (χ1n) is 12.4. The van der Waals surface area contributed by atoms with Gasteiger partial charge in [0.2, 0.25) is 15.9 Å². The number of likely N-dealkylation sites (tertiary alicyclic amines) is 1. The Morgan fingerprint density at radius 2 is 1.78 bits per heavy atom. The van der Waals surface area contributed by atoms with Crippen LogP contribution in [0.2, 0.25) is 0 Å². The van der Waals surface area contributed by atoms with Gasteiger partial charge in [0.1, 0.15) is 0 Å². The number of nitrogens with zero attached hydrogens (tertiary/aromatic N) is 2. The number of carbonyl (C=O) groups is 1. The second-order valence-electron chi connectivity index (χ2n) is 9.95. The molecular formula is C25H41N3O3S. The van der Waals surface area contributed by atoms with E-state index in [1.807, 2.05) is 30.3 Å². The molecule has 180 valence electrons. The molecule has 2 saturated heterocycles. The van der Waals surface area contributed by atoms with Crippen LogP contribution in [0.1, 0.15) is 51.5 Å². The number of aryl methyl sites for hydroxylation is 1. The first kappa shape index (κ1) is 25.2. The summed E-state index contributed by atoms with van der Waals surface area (Å²) in [5, 5.41) is 3.06. The number of hydrogen-bond acceptors (Lipinski definition) is 4. The highest BCUT2D eigenvalue weighted by Crippen LogP contribution is 2.22. The molecule has 3 rings (SSSR count). The van der Waals surface area contributed by atoms with Crippen LogP contribution in [-0.2, 0) is 21.2 Å². The zero-order valence-electron chi connectivity index (χ0n) is 19.8. The van der Waals surface area contributed by atoms with E-state index in [1.165, 1.54) is 6.42 Å². The molecule has 7 heteroatoms. The van der Waals surface area contributed by atoms with Crippen molar-refractivity contribution in [1.29, 1.82) is 0 Å². The molecule has 3 atom stereocenters. The summed E-state index contributed by atoms with van der Waals surface area (Å²) < 4.78 is 27.2. The Bertz CT molecular complexity index is 805. The van der Waals surface area contributed by atoms with E-state index in [4.69, 9.17) is 0 Å². The van der Waals surface area contributed by atoms with Gasteiger partial charge in [0, 0.05) is 32.7 Å². The third-order valence-electron chi connectivity index (χ3n) is 6.75. The smallest absolute Gasteiger partial charge is 0.224 e. The topological polar surface area (TPSA) is 69.7 Å². The molecule has 0 unspecified atom stereocenters. The Kier molecular flexibility index (Phi) is 9.56. The van der Waals surface area contributed by atoms with Gasteiger partial charge < -0.3 is 10.2 Å². The highest BCUT2D eigenvalue weighted by molar-refractivity contribution is 7.89. The van der Waals surface area contributed by atoms with Crippen LogP contribution in [0.4, 0.5) is 0 Å². The van der Waals surface area contributed by atoms with E-state index in [9.17, 15) is 13.2 Å². The molecule has 0 aromatic heterocycles. The summed E-state index contributed by atoms with van der Waals surface area (Å²) in [5.41, 5.74) is 1.16. The Morgan fingerprint density at radius 3 is 2.50 bits per heavy atom. The Labute approximate surface area is 194 Å². The molecule has 32 heavy (non-hydrogen) atoms. The van der Waals surface area contributed by atoms with Crippen LogP contribution in [-0.4, -0.2) is 68.6 Å². The first-order chi connectivity index (χ1) is 15.3. The number of rotatable bonds is 10. The molecule has 2 heterocycles. The summed E-state index contributed by atoms with van der Waals surface area (Å²) in [6, 6.07) is 9.98. The predicted octanol–water partition coefficient (Wildman–Crippen LogP) is 3.15. The van der Waals surface area contributed by atoms with Crippen LogP contribution in [0.15, 0.2) is 30.3 Å². The number of hydrogen-bond donors (Lipinski definition) is 1. The summed E-state index contributed by atoms with van der Waals surface area (Å²) in [7, 11) is -3.32. The minimum absolute atomic E-state index is 0.00886. The van der Waals surface area contributed by atoms with Crippen molar-refractivity contribution in [2.75, 3.05) is 45.0 Å². The molecule has 0 saturated carbocycles. The number of carbonyl (C=O) groups excluding carboxylic acids is 1. The van der Waals surface area contributed by atoms with Gasteiger partial charge in [-0.2, -0.15) is 0 Å². The van der Waals surface area contributed by atoms with E-state index in [0.717, 1.165) is 62.7 Å². The van der Waals surface area contributed by atoms with E-state index < -0.39 is 10.0 Å². The number of piperidine rings is 2. The van der Waals surface area contributed by atoms with Gasteiger partial charge in [0.25, 0.3) is 0 Å². The average molecular weight is 464 g/mol. The van der Waals surface area contributed by atoms with Gasteiger partial charge in [-0.25, -0.2) is 12.7 Å². The number of amides is 1. The minimum Gasteiger partial charge on any atom is -0.356 e. The fourth-order valence-electron chi connectivity index (χ4n) is 5.27. The molecule has 6 nitrogen and oxygen atoms in total. The molecule has 0 bridgehead atoms. The van der Waals surface area contributed by atoms with Gasteiger partial charge in [-0.05, 0) is 62.5 Å². The standard InChI is InChI=1S/C25H41N3O3S/c1-21-17-22(2)19-27(18-21)14-8-13-26-25(29)24-12-6-15-28(20-24)32(30,31)16-7-11-23-9-4-3-5-10-23/h3-5,9-10,21-22,24H,6-8,11-20H2,1-2H3,(H,26,29)/t21-,22+,24-/m0/s1. The number of nitrogens with one attached hydrogen (secondary N) is 1. The summed E-state index contributed by atoms with van der Waals surface area (Å²) in [6.07, 6.45) is 5.13. The van der Waals surface area contributed by atoms with Crippen molar-refractivity contribution in [3.05, 3.63) is 35.9 Å². The third kappa shape index (κ3) is 7.85. The molecule has 1 amide bonds. The fraction of sp³-hybridized carbons (Fsp3) is 0.720. The maximum Gasteiger partial charge on any atom is 0.224 e. The van der Waals surface area contributed by atoms with E-state index in [2.05, 4.69) is 24.1 Å². The van der Waals surface area contributed by atoms with Gasteiger partial charge in [-0.15, -0.1) is 0 Å². The SMILES string of the molecule is C[C@@H]1C[C@H](C)CN(CCCNC(=O)[C@H]2CCCN(S(=O)(=O)CCCc3ccccc3)C2)C1. The Balaban J connectivity index is 1.37. The zero-order valence-corrected chi connectivity index (χ0v) is 20.7. The lowest BCUT2D eigenvalue weighted by atomic mass is 9.92. The summed E-state index contributed by atoms with van der Waals surface area (Å²) in [6.45, 7) is 9.46. The Hall–Kier alpha value is -1.44. The quantitative estimate of drug-likeness (QED) is 0.541. The van der Waals surface area contributed by atoms with Gasteiger partial charge in [-0.1, -0.05) is 44.2 Å². The summed E-state index contributed by atoms with van der Waals surface area (Å²) in [5.74, 6) is 1.41. The highest BCUT2D eigenvalue weighted by Gasteiger charge is 2.32. The molecule has 0 aliphatic carbocycles. The van der Waals surface area contributed by atoms with Crippen LogP contribution in [0.25, 0.3) is 0 Å². The first-order valence-corrected chi connectivity index (χ1v) is 14.0. The highest BCUT2D eigenvalue weighted by atomic mass is 32.2. The van der Waals surface area contributed by atoms with Crippen LogP contribution < -0.4 is 5.32 Å². The number of benzene rings is 1. The molecule has 0 radical (unpaired) electrons. The van der Waals surface area contributed by atoms with Crippen molar-refractivity contribution in [1.82, 2.24) is 14.5 Å². The summed E-state index contributed by atoms with van der Waals surface area (Å²) >= 11 is 0. The van der Waals surface area contributed by atoms with Crippen LogP contribution >= 0.6 is 0 Å². The molecular weight excluding hydrogens is 422 g/mol. The van der Waals surface area contributed by atoms with Crippen molar-refractivity contribution < 1.29 is 13.2 Å². The fourth-order valence-corrected chi connectivity index (χ4v) is 6.86. The molecule has 1 aromatic carbocycles. The van der Waals surface area contributed by atoms with Crippen LogP contribution in [0, 0.1) is 17.8 Å². The maximum atomic E-state index is 12.8. The van der Waals surface area contributed by atoms with E-state index in [0.29, 0.717) is 26.1 Å². The van der Waals surface area contributed by atoms with Gasteiger partial charge in [0.15, 0.2) is 0 Å². The lowest BCUT2D eigenvalue weighted by Crippen LogP contribution is -2.46. The lowest BCUT2D eigenvalue weighted by Gasteiger charge is -2.35. The molecule has 2 fully saturated rings. The summed E-state index contributed by atoms with van der Waals surface area (Å²) in [4.78, 5) is 15.2. The normalized spacial score (nSPS) is 25.5. The molecule has 2 aliphatic rings. The van der Waals surface area contributed by atoms with Crippen LogP contribution in [0.3, 0.4) is 0 Å². The van der Waals surface area contributed by atoms with Crippen molar-refractivity contribution in [3.8, 4) is 0 Å². The van der Waals surface area contributed by atoms with Crippen molar-refractivity contribution in [2.45, 2.75) is 52.4 Å². The van der Waals surface area contributed by atoms with Crippen LogP contribution in [0.5, 0.6) is 0 Å². The van der Waals surface area contributed by atoms with Crippen molar-refractivity contribution in [2.24, 2.45) is 17.8 Å². The van der Waals surface area contributed by atoms with Crippen molar-refractivity contribution in [3.63, 3.8) is 0 Å². The predicted molar refractivity (Wildman–Crippen MR) is 130 cm³/mol. The molecule has 0 spiro atoms. The van der Waals surface area contributed by atoms with Gasteiger partial charge in [0.05, 0.1) is 11.7 Å². The zero-order chi connectivity index (χ0) is 23.0. The average Bonchev–Trinajstić information content (AvgIpc) is 2.77. The van der Waals surface area contributed by atoms with E-state index >= 15 is 0 Å². The Morgan fingerprint density at radius 1 is 1.06 bits per heavy atom. The maximum absolute atomic E-state index is 12.8. The lowest BCUT2D eigenvalue weighted by molar-refractivity contribution is -0.126. The minimum atomic E-state index is -3.32. The molecule has 1 N–H and O–H groups in total. The second kappa shape index (κ2) is 12.1.